The molecule has 0 radical (unpaired) electrons. The second-order valence-corrected chi connectivity index (χ2v) is 6.30. The minimum absolute atomic E-state index is 0.249. The molecule has 5 nitrogen and oxygen atoms in total. The summed E-state index contributed by atoms with van der Waals surface area (Å²) in [4.78, 5) is 25.1. The first-order chi connectivity index (χ1) is 13.7. The van der Waals surface area contributed by atoms with Gasteiger partial charge in [0.1, 0.15) is 0 Å². The van der Waals surface area contributed by atoms with Crippen LogP contribution < -0.4 is 10.6 Å². The number of hydrogen-bond acceptors (Lipinski definition) is 3. The van der Waals surface area contributed by atoms with Crippen LogP contribution in [0, 0.1) is 0 Å². The van der Waals surface area contributed by atoms with Gasteiger partial charge in [0.15, 0.2) is 0 Å². The summed E-state index contributed by atoms with van der Waals surface area (Å²) in [6.07, 6.45) is 0. The number of amides is 2. The number of methoxy groups -OCH3 is 1. The summed E-state index contributed by atoms with van der Waals surface area (Å²) in [5, 5.41) is 5.72. The Morgan fingerprint density at radius 1 is 0.821 bits per heavy atom. The highest BCUT2D eigenvalue weighted by Gasteiger charge is 2.13. The van der Waals surface area contributed by atoms with Crippen LogP contribution in [0.5, 0.6) is 0 Å². The first kappa shape index (κ1) is 19.3. The molecule has 28 heavy (non-hydrogen) atoms. The zero-order valence-electron chi connectivity index (χ0n) is 15.6. The fraction of sp³-hybridized carbons (Fsp3) is 0.130. The summed E-state index contributed by atoms with van der Waals surface area (Å²) in [5.41, 5.74) is 3.45. The molecule has 0 saturated heterocycles. The smallest absolute Gasteiger partial charge is 0.255 e. The van der Waals surface area contributed by atoms with E-state index in [1.807, 2.05) is 30.3 Å². The molecule has 2 amide bonds. The van der Waals surface area contributed by atoms with E-state index >= 15 is 0 Å². The molecule has 0 spiro atoms. The predicted octanol–water partition coefficient (Wildman–Crippen LogP) is 4.02. The Morgan fingerprint density at radius 2 is 1.54 bits per heavy atom. The van der Waals surface area contributed by atoms with E-state index in [1.165, 1.54) is 0 Å². The molecule has 3 rings (SSSR count). The second kappa shape index (κ2) is 9.48. The number of rotatable bonds is 7. The number of anilines is 1. The fourth-order valence-electron chi connectivity index (χ4n) is 2.85. The molecule has 0 saturated carbocycles. The number of para-hydroxylation sites is 1. The third-order valence-corrected chi connectivity index (χ3v) is 4.21. The lowest BCUT2D eigenvalue weighted by Crippen LogP contribution is -2.25. The van der Waals surface area contributed by atoms with Crippen LogP contribution in [-0.2, 0) is 17.9 Å². The van der Waals surface area contributed by atoms with Gasteiger partial charge in [0.2, 0.25) is 0 Å². The highest BCUT2D eigenvalue weighted by Crippen LogP contribution is 2.17. The van der Waals surface area contributed by atoms with Crippen LogP contribution in [-0.4, -0.2) is 18.9 Å². The molecule has 3 aromatic rings. The molecule has 0 aromatic heterocycles. The molecule has 0 aliphatic carbocycles. The molecule has 0 fully saturated rings. The lowest BCUT2D eigenvalue weighted by molar-refractivity contribution is 0.0951. The number of hydrogen-bond donors (Lipinski definition) is 2. The van der Waals surface area contributed by atoms with Crippen molar-refractivity contribution >= 4 is 17.5 Å². The first-order valence-electron chi connectivity index (χ1n) is 8.98. The highest BCUT2D eigenvalue weighted by molar-refractivity contribution is 6.08. The predicted molar refractivity (Wildman–Crippen MR) is 109 cm³/mol. The number of benzene rings is 3. The lowest BCUT2D eigenvalue weighted by atomic mass is 10.1. The van der Waals surface area contributed by atoms with Gasteiger partial charge in [0, 0.05) is 19.2 Å². The Morgan fingerprint density at radius 3 is 2.32 bits per heavy atom. The number of carbonyl (C=O) groups is 2. The Kier molecular flexibility index (Phi) is 6.54. The van der Waals surface area contributed by atoms with E-state index in [9.17, 15) is 9.59 Å². The van der Waals surface area contributed by atoms with Crippen LogP contribution in [0.1, 0.15) is 31.8 Å². The zero-order valence-corrected chi connectivity index (χ0v) is 15.6. The van der Waals surface area contributed by atoms with E-state index in [2.05, 4.69) is 10.6 Å². The Labute approximate surface area is 164 Å². The molecule has 0 bridgehead atoms. The normalized spacial score (nSPS) is 10.3. The molecule has 0 aliphatic rings. The van der Waals surface area contributed by atoms with E-state index in [4.69, 9.17) is 4.74 Å². The van der Waals surface area contributed by atoms with Gasteiger partial charge < -0.3 is 15.4 Å². The van der Waals surface area contributed by atoms with Crippen LogP contribution in [0.2, 0.25) is 0 Å². The summed E-state index contributed by atoms with van der Waals surface area (Å²) in [7, 11) is 1.65. The summed E-state index contributed by atoms with van der Waals surface area (Å²) in [5.74, 6) is -0.505. The Bertz CT molecular complexity index is 955. The van der Waals surface area contributed by atoms with Gasteiger partial charge in [-0.2, -0.15) is 0 Å². The molecule has 5 heteroatoms. The molecular formula is C23H22N2O3. The van der Waals surface area contributed by atoms with Crippen molar-refractivity contribution < 1.29 is 14.3 Å². The van der Waals surface area contributed by atoms with Gasteiger partial charge in [-0.05, 0) is 35.4 Å². The van der Waals surface area contributed by atoms with E-state index < -0.39 is 0 Å². The van der Waals surface area contributed by atoms with Gasteiger partial charge in [-0.3, -0.25) is 9.59 Å². The zero-order chi connectivity index (χ0) is 19.8. The van der Waals surface area contributed by atoms with Crippen molar-refractivity contribution in [1.82, 2.24) is 5.32 Å². The monoisotopic (exact) mass is 374 g/mol. The quantitative estimate of drug-likeness (QED) is 0.656. The molecule has 2 N–H and O–H groups in total. The number of nitrogens with one attached hydrogen (secondary N) is 2. The largest absolute Gasteiger partial charge is 0.380 e. The highest BCUT2D eigenvalue weighted by atomic mass is 16.5. The van der Waals surface area contributed by atoms with E-state index in [0.717, 1.165) is 11.1 Å². The summed E-state index contributed by atoms with van der Waals surface area (Å²) < 4.78 is 5.14. The van der Waals surface area contributed by atoms with Gasteiger partial charge in [0.05, 0.1) is 17.9 Å². The average molecular weight is 374 g/mol. The summed E-state index contributed by atoms with van der Waals surface area (Å²) >= 11 is 0. The minimum Gasteiger partial charge on any atom is -0.380 e. The summed E-state index contributed by atoms with van der Waals surface area (Å²) in [6, 6.07) is 23.7. The van der Waals surface area contributed by atoms with E-state index in [1.54, 1.807) is 55.6 Å². The third kappa shape index (κ3) is 5.05. The van der Waals surface area contributed by atoms with E-state index in [-0.39, 0.29) is 11.8 Å². The maximum Gasteiger partial charge on any atom is 0.255 e. The topological polar surface area (TPSA) is 67.4 Å². The number of carbonyl (C=O) groups excluding carboxylic acids is 2. The molecule has 0 atom stereocenters. The second-order valence-electron chi connectivity index (χ2n) is 6.30. The molecular weight excluding hydrogens is 352 g/mol. The molecule has 142 valence electrons. The molecule has 0 unspecified atom stereocenters. The molecule has 3 aromatic carbocycles. The fourth-order valence-corrected chi connectivity index (χ4v) is 2.85. The van der Waals surface area contributed by atoms with Crippen molar-refractivity contribution in [3.8, 4) is 0 Å². The maximum atomic E-state index is 12.7. The van der Waals surface area contributed by atoms with E-state index in [0.29, 0.717) is 30.0 Å². The molecule has 0 heterocycles. The van der Waals surface area contributed by atoms with Gasteiger partial charge in [-0.1, -0.05) is 54.6 Å². The van der Waals surface area contributed by atoms with Crippen molar-refractivity contribution in [2.24, 2.45) is 0 Å². The van der Waals surface area contributed by atoms with Crippen molar-refractivity contribution in [2.75, 3.05) is 12.4 Å². The Balaban J connectivity index is 1.69. The van der Waals surface area contributed by atoms with Crippen molar-refractivity contribution in [3.05, 3.63) is 101 Å². The average Bonchev–Trinajstić information content (AvgIpc) is 2.73. The SMILES string of the molecule is COCc1cccc(CNC(=O)c2ccccc2NC(=O)c2ccccc2)c1. The van der Waals surface area contributed by atoms with Gasteiger partial charge in [-0.25, -0.2) is 0 Å². The maximum absolute atomic E-state index is 12.7. The van der Waals surface area contributed by atoms with Crippen LogP contribution in [0.3, 0.4) is 0 Å². The van der Waals surface area contributed by atoms with Crippen LogP contribution in [0.15, 0.2) is 78.9 Å². The summed E-state index contributed by atoms with van der Waals surface area (Å²) in [6.45, 7) is 0.910. The van der Waals surface area contributed by atoms with Crippen molar-refractivity contribution in [1.29, 1.82) is 0 Å². The van der Waals surface area contributed by atoms with Crippen LogP contribution >= 0.6 is 0 Å². The van der Waals surface area contributed by atoms with Gasteiger partial charge in [0.25, 0.3) is 11.8 Å². The molecule has 0 aliphatic heterocycles. The van der Waals surface area contributed by atoms with Crippen molar-refractivity contribution in [2.45, 2.75) is 13.2 Å². The lowest BCUT2D eigenvalue weighted by Gasteiger charge is -2.12. The Hall–Kier alpha value is -3.44. The van der Waals surface area contributed by atoms with Gasteiger partial charge in [-0.15, -0.1) is 0 Å². The van der Waals surface area contributed by atoms with Crippen LogP contribution in [0.4, 0.5) is 5.69 Å². The van der Waals surface area contributed by atoms with Crippen LogP contribution in [0.25, 0.3) is 0 Å². The third-order valence-electron chi connectivity index (χ3n) is 4.21. The number of ether oxygens (including phenoxy) is 1. The minimum atomic E-state index is -0.256. The van der Waals surface area contributed by atoms with Gasteiger partial charge >= 0.3 is 0 Å². The first-order valence-corrected chi connectivity index (χ1v) is 8.98. The van der Waals surface area contributed by atoms with Crippen molar-refractivity contribution in [3.63, 3.8) is 0 Å². The standard InChI is InChI=1S/C23H22N2O3/c1-28-16-18-9-7-8-17(14-18)15-24-23(27)20-12-5-6-13-21(20)25-22(26)19-10-3-2-4-11-19/h2-14H,15-16H2,1H3,(H,24,27)(H,25,26).